The van der Waals surface area contributed by atoms with Crippen LogP contribution in [0.3, 0.4) is 0 Å². The van der Waals surface area contributed by atoms with E-state index in [2.05, 4.69) is 31.5 Å². The zero-order chi connectivity index (χ0) is 13.0. The maximum Gasteiger partial charge on any atom is 0.255 e. The van der Waals surface area contributed by atoms with Gasteiger partial charge in [0.05, 0.1) is 0 Å². The number of carbonyl (C=O) groups is 1. The topological polar surface area (TPSA) is 54.0 Å². The van der Waals surface area contributed by atoms with Crippen molar-refractivity contribution in [2.45, 2.75) is 0 Å². The summed E-state index contributed by atoms with van der Waals surface area (Å²) in [6, 6.07) is 10.8. The number of halogens is 1. The van der Waals surface area contributed by atoms with Gasteiger partial charge in [0.25, 0.3) is 5.91 Å². The molecule has 0 saturated heterocycles. The summed E-state index contributed by atoms with van der Waals surface area (Å²) in [6.45, 7) is 0. The molecule has 0 saturated carbocycles. The molecule has 2 rings (SSSR count). The Hall–Kier alpha value is -1.88. The van der Waals surface area contributed by atoms with Crippen molar-refractivity contribution in [3.8, 4) is 0 Å². The minimum Gasteiger partial charge on any atom is -0.373 e. The molecule has 92 valence electrons. The summed E-state index contributed by atoms with van der Waals surface area (Å²) in [7, 11) is 1.78. The van der Waals surface area contributed by atoms with Gasteiger partial charge in [0.1, 0.15) is 5.82 Å². The second-order valence-electron chi connectivity index (χ2n) is 3.64. The van der Waals surface area contributed by atoms with Crippen LogP contribution in [0.5, 0.6) is 0 Å². The van der Waals surface area contributed by atoms with Gasteiger partial charge >= 0.3 is 0 Å². The number of pyridine rings is 1. The van der Waals surface area contributed by atoms with E-state index in [1.54, 1.807) is 37.5 Å². The Morgan fingerprint density at radius 3 is 2.83 bits per heavy atom. The second-order valence-corrected chi connectivity index (χ2v) is 4.56. The highest BCUT2D eigenvalue weighted by Gasteiger charge is 2.06. The number of rotatable bonds is 3. The first kappa shape index (κ1) is 12.6. The van der Waals surface area contributed by atoms with Crippen molar-refractivity contribution in [1.29, 1.82) is 0 Å². The molecule has 0 unspecified atom stereocenters. The number of carbonyl (C=O) groups excluding carboxylic acids is 1. The molecule has 0 aliphatic heterocycles. The molecule has 1 aromatic carbocycles. The Bertz CT molecular complexity index is 572. The zero-order valence-corrected chi connectivity index (χ0v) is 11.4. The number of amides is 1. The van der Waals surface area contributed by atoms with E-state index in [1.807, 2.05) is 12.1 Å². The van der Waals surface area contributed by atoms with Gasteiger partial charge in [0.2, 0.25) is 0 Å². The Balaban J connectivity index is 2.16. The van der Waals surface area contributed by atoms with Gasteiger partial charge in [0.15, 0.2) is 0 Å². The fraction of sp³-hybridized carbons (Fsp3) is 0.0769. The number of anilines is 2. The molecule has 1 amide bonds. The van der Waals surface area contributed by atoms with E-state index < -0.39 is 0 Å². The van der Waals surface area contributed by atoms with Crippen LogP contribution in [-0.2, 0) is 0 Å². The lowest BCUT2D eigenvalue weighted by Crippen LogP contribution is -2.12. The third-order valence-corrected chi connectivity index (χ3v) is 2.85. The Labute approximate surface area is 114 Å². The molecule has 2 N–H and O–H groups in total. The quantitative estimate of drug-likeness (QED) is 0.916. The third kappa shape index (κ3) is 3.07. The van der Waals surface area contributed by atoms with Crippen LogP contribution in [0.25, 0.3) is 0 Å². The summed E-state index contributed by atoms with van der Waals surface area (Å²) in [5.74, 6) is 0.562. The molecule has 18 heavy (non-hydrogen) atoms. The predicted octanol–water partition coefficient (Wildman–Crippen LogP) is 3.14. The van der Waals surface area contributed by atoms with Crippen LogP contribution >= 0.6 is 15.9 Å². The molecule has 0 fully saturated rings. The van der Waals surface area contributed by atoms with Crippen LogP contribution in [0.15, 0.2) is 47.1 Å². The van der Waals surface area contributed by atoms with Gasteiger partial charge in [-0.25, -0.2) is 4.98 Å². The molecule has 2 aromatic rings. The highest BCUT2D eigenvalue weighted by molar-refractivity contribution is 9.10. The SMILES string of the molecule is CNc1cc(NC(=O)c2cccc(Br)c2)ccn1. The maximum absolute atomic E-state index is 12.0. The number of hydrogen-bond acceptors (Lipinski definition) is 3. The monoisotopic (exact) mass is 305 g/mol. The third-order valence-electron chi connectivity index (χ3n) is 2.36. The molecule has 0 atom stereocenters. The molecule has 0 radical (unpaired) electrons. The first-order chi connectivity index (χ1) is 8.69. The van der Waals surface area contributed by atoms with Crippen molar-refractivity contribution in [2.24, 2.45) is 0 Å². The molecule has 0 aliphatic rings. The van der Waals surface area contributed by atoms with E-state index in [4.69, 9.17) is 0 Å². The van der Waals surface area contributed by atoms with E-state index in [0.29, 0.717) is 17.1 Å². The fourth-order valence-corrected chi connectivity index (χ4v) is 1.88. The molecule has 0 bridgehead atoms. The summed E-state index contributed by atoms with van der Waals surface area (Å²) < 4.78 is 0.876. The van der Waals surface area contributed by atoms with Crippen molar-refractivity contribution >= 4 is 33.3 Å². The molecule has 1 aromatic heterocycles. The van der Waals surface area contributed by atoms with Gasteiger partial charge in [-0.15, -0.1) is 0 Å². The summed E-state index contributed by atoms with van der Waals surface area (Å²) >= 11 is 3.34. The van der Waals surface area contributed by atoms with Crippen molar-refractivity contribution in [2.75, 3.05) is 17.7 Å². The van der Waals surface area contributed by atoms with Gasteiger partial charge < -0.3 is 10.6 Å². The average Bonchev–Trinajstić information content (AvgIpc) is 2.39. The predicted molar refractivity (Wildman–Crippen MR) is 75.9 cm³/mol. The second kappa shape index (κ2) is 5.64. The molecule has 0 aliphatic carbocycles. The minimum absolute atomic E-state index is 0.149. The summed E-state index contributed by atoms with van der Waals surface area (Å²) in [5, 5.41) is 5.74. The highest BCUT2D eigenvalue weighted by atomic mass is 79.9. The summed E-state index contributed by atoms with van der Waals surface area (Å²) in [5.41, 5.74) is 1.31. The normalized spacial score (nSPS) is 9.89. The van der Waals surface area contributed by atoms with Gasteiger partial charge in [-0.1, -0.05) is 22.0 Å². The van der Waals surface area contributed by atoms with E-state index in [1.165, 1.54) is 0 Å². The van der Waals surface area contributed by atoms with Crippen LogP contribution in [0.2, 0.25) is 0 Å². The number of aromatic nitrogens is 1. The van der Waals surface area contributed by atoms with Gasteiger partial charge in [-0.05, 0) is 24.3 Å². The summed E-state index contributed by atoms with van der Waals surface area (Å²) in [4.78, 5) is 16.1. The van der Waals surface area contributed by atoms with E-state index in [9.17, 15) is 4.79 Å². The largest absolute Gasteiger partial charge is 0.373 e. The standard InChI is InChI=1S/C13H12BrN3O/c1-15-12-8-11(5-6-16-12)17-13(18)9-3-2-4-10(14)7-9/h2-8H,1H3,(H2,15,16,17,18). The minimum atomic E-state index is -0.149. The molecular weight excluding hydrogens is 294 g/mol. The molecular formula is C13H12BrN3O. The van der Waals surface area contributed by atoms with Crippen LogP contribution < -0.4 is 10.6 Å². The van der Waals surface area contributed by atoms with Gasteiger partial charge in [-0.2, -0.15) is 0 Å². The lowest BCUT2D eigenvalue weighted by atomic mass is 10.2. The van der Waals surface area contributed by atoms with Crippen molar-refractivity contribution in [3.05, 3.63) is 52.6 Å². The molecule has 0 spiro atoms. The number of nitrogens with one attached hydrogen (secondary N) is 2. The highest BCUT2D eigenvalue weighted by Crippen LogP contribution is 2.15. The van der Waals surface area contributed by atoms with Crippen LogP contribution in [0.1, 0.15) is 10.4 Å². The lowest BCUT2D eigenvalue weighted by Gasteiger charge is -2.07. The lowest BCUT2D eigenvalue weighted by molar-refractivity contribution is 0.102. The van der Waals surface area contributed by atoms with Crippen LogP contribution in [0, 0.1) is 0 Å². The summed E-state index contributed by atoms with van der Waals surface area (Å²) in [6.07, 6.45) is 1.64. The van der Waals surface area contributed by atoms with Crippen molar-refractivity contribution < 1.29 is 4.79 Å². The number of nitrogens with zero attached hydrogens (tertiary/aromatic N) is 1. The van der Waals surface area contributed by atoms with Crippen LogP contribution in [-0.4, -0.2) is 17.9 Å². The first-order valence-electron chi connectivity index (χ1n) is 5.40. The van der Waals surface area contributed by atoms with E-state index >= 15 is 0 Å². The average molecular weight is 306 g/mol. The van der Waals surface area contributed by atoms with E-state index in [0.717, 1.165) is 4.47 Å². The van der Waals surface area contributed by atoms with Crippen molar-refractivity contribution in [1.82, 2.24) is 4.98 Å². The van der Waals surface area contributed by atoms with E-state index in [-0.39, 0.29) is 5.91 Å². The first-order valence-corrected chi connectivity index (χ1v) is 6.19. The molecule has 4 nitrogen and oxygen atoms in total. The fourth-order valence-electron chi connectivity index (χ4n) is 1.48. The van der Waals surface area contributed by atoms with Gasteiger partial charge in [0, 0.05) is 35.0 Å². The van der Waals surface area contributed by atoms with Crippen molar-refractivity contribution in [3.63, 3.8) is 0 Å². The Morgan fingerprint density at radius 2 is 2.11 bits per heavy atom. The smallest absolute Gasteiger partial charge is 0.255 e. The molecule has 1 heterocycles. The molecule has 5 heteroatoms. The number of benzene rings is 1. The maximum atomic E-state index is 12.0. The Kier molecular flexibility index (Phi) is 3.94. The Morgan fingerprint density at radius 1 is 1.28 bits per heavy atom. The van der Waals surface area contributed by atoms with Gasteiger partial charge in [-0.3, -0.25) is 4.79 Å². The zero-order valence-electron chi connectivity index (χ0n) is 9.77. The van der Waals surface area contributed by atoms with Crippen LogP contribution in [0.4, 0.5) is 11.5 Å². The number of hydrogen-bond donors (Lipinski definition) is 2.